The second-order valence-electron chi connectivity index (χ2n) is 2.79. The van der Waals surface area contributed by atoms with E-state index >= 15 is 0 Å². The molecule has 0 heterocycles. The zero-order valence-corrected chi connectivity index (χ0v) is 10.5. The molecule has 0 aromatic carbocycles. The van der Waals surface area contributed by atoms with Crippen LogP contribution in [0, 0.1) is 0 Å². The highest BCUT2D eigenvalue weighted by Gasteiger charge is 2.38. The van der Waals surface area contributed by atoms with Crippen molar-refractivity contribution in [2.45, 2.75) is 19.9 Å². The minimum atomic E-state index is -2.61. The summed E-state index contributed by atoms with van der Waals surface area (Å²) < 4.78 is 16.3. The maximum absolute atomic E-state index is 10.5. The van der Waals surface area contributed by atoms with Crippen molar-refractivity contribution in [1.29, 1.82) is 0 Å². The molecule has 0 fully saturated rings. The molecule has 15 heavy (non-hydrogen) atoms. The first-order valence-electron chi connectivity index (χ1n) is 4.96. The van der Waals surface area contributed by atoms with Gasteiger partial charge in [-0.1, -0.05) is 0 Å². The molecule has 0 bridgehead atoms. The first kappa shape index (κ1) is 14.4. The fourth-order valence-corrected chi connectivity index (χ4v) is 3.31. The van der Waals surface area contributed by atoms with E-state index in [0.29, 0.717) is 25.8 Å². The number of hydrogen-bond acceptors (Lipinski definition) is 4. The Morgan fingerprint density at radius 2 is 1.87 bits per heavy atom. The molecule has 0 atom stereocenters. The van der Waals surface area contributed by atoms with Crippen LogP contribution in [0.4, 0.5) is 4.79 Å². The molecule has 0 aliphatic rings. The Morgan fingerprint density at radius 3 is 2.20 bits per heavy atom. The van der Waals surface area contributed by atoms with Crippen molar-refractivity contribution >= 4 is 14.8 Å². The van der Waals surface area contributed by atoms with Crippen LogP contribution in [-0.4, -0.2) is 41.7 Å². The topological polar surface area (TPSA) is 82.8 Å². The summed E-state index contributed by atoms with van der Waals surface area (Å²) in [6, 6.07) is -0.0318. The monoisotopic (exact) mass is 236 g/mol. The maximum atomic E-state index is 10.5. The molecular formula is C8H20N2O4Si. The Hall–Kier alpha value is -0.633. The van der Waals surface area contributed by atoms with Crippen molar-refractivity contribution in [3.05, 3.63) is 0 Å². The number of carbonyl (C=O) groups is 1. The highest BCUT2D eigenvalue weighted by atomic mass is 28.4. The van der Waals surface area contributed by atoms with Crippen LogP contribution in [-0.2, 0) is 13.3 Å². The van der Waals surface area contributed by atoms with Gasteiger partial charge in [-0.05, 0) is 13.8 Å². The molecule has 0 radical (unpaired) electrons. The molecule has 0 aliphatic heterocycles. The third-order valence-electron chi connectivity index (χ3n) is 1.77. The summed E-state index contributed by atoms with van der Waals surface area (Å²) in [5, 5.41) is 2.49. The van der Waals surface area contributed by atoms with Gasteiger partial charge in [-0.3, -0.25) is 0 Å². The quantitative estimate of drug-likeness (QED) is 0.594. The molecule has 0 aromatic heterocycles. The van der Waals surface area contributed by atoms with E-state index in [2.05, 4.69) is 5.32 Å². The smallest absolute Gasteiger partial charge is 0.377 e. The SMILES string of the molecule is CCO[Si](CCNC(N)=O)(OC)OCC. The lowest BCUT2D eigenvalue weighted by Gasteiger charge is -2.26. The second-order valence-corrected chi connectivity index (χ2v) is 5.65. The molecule has 90 valence electrons. The number of rotatable bonds is 8. The highest BCUT2D eigenvalue weighted by molar-refractivity contribution is 6.60. The van der Waals surface area contributed by atoms with E-state index < -0.39 is 14.8 Å². The first-order valence-corrected chi connectivity index (χ1v) is 6.89. The fraction of sp³-hybridized carbons (Fsp3) is 0.875. The number of urea groups is 1. The third kappa shape index (κ3) is 5.73. The molecule has 0 aliphatic carbocycles. The van der Waals surface area contributed by atoms with Crippen LogP contribution >= 0.6 is 0 Å². The van der Waals surface area contributed by atoms with Crippen molar-refractivity contribution in [2.24, 2.45) is 5.73 Å². The van der Waals surface area contributed by atoms with E-state index in [1.807, 2.05) is 13.8 Å². The van der Waals surface area contributed by atoms with E-state index in [9.17, 15) is 4.79 Å². The molecule has 7 heteroatoms. The molecule has 0 spiro atoms. The summed E-state index contributed by atoms with van der Waals surface area (Å²) in [6.45, 7) is 5.20. The molecule has 3 N–H and O–H groups in total. The summed E-state index contributed by atoms with van der Waals surface area (Å²) in [7, 11) is -1.05. The van der Waals surface area contributed by atoms with Crippen molar-refractivity contribution in [3.8, 4) is 0 Å². The van der Waals surface area contributed by atoms with Gasteiger partial charge >= 0.3 is 14.8 Å². The lowest BCUT2D eigenvalue weighted by atomic mass is 10.7. The van der Waals surface area contributed by atoms with Gasteiger partial charge in [0.2, 0.25) is 0 Å². The van der Waals surface area contributed by atoms with E-state index in [4.69, 9.17) is 19.0 Å². The summed E-state index contributed by atoms with van der Waals surface area (Å²) in [5.74, 6) is 0. The van der Waals surface area contributed by atoms with Gasteiger partial charge in [0.1, 0.15) is 0 Å². The van der Waals surface area contributed by atoms with Gasteiger partial charge in [0.25, 0.3) is 0 Å². The van der Waals surface area contributed by atoms with E-state index in [-0.39, 0.29) is 0 Å². The van der Waals surface area contributed by atoms with Crippen LogP contribution in [0.15, 0.2) is 0 Å². The molecular weight excluding hydrogens is 216 g/mol. The molecule has 0 saturated carbocycles. The highest BCUT2D eigenvalue weighted by Crippen LogP contribution is 2.13. The fourth-order valence-electron chi connectivity index (χ4n) is 1.18. The van der Waals surface area contributed by atoms with Crippen LogP contribution in [0.5, 0.6) is 0 Å². The van der Waals surface area contributed by atoms with Crippen LogP contribution in [0.3, 0.4) is 0 Å². The second kappa shape index (κ2) is 7.63. The number of amides is 2. The molecule has 6 nitrogen and oxygen atoms in total. The van der Waals surface area contributed by atoms with Gasteiger partial charge in [-0.2, -0.15) is 0 Å². The number of carbonyl (C=O) groups excluding carboxylic acids is 1. The Labute approximate surface area is 91.4 Å². The predicted octanol–water partition coefficient (Wildman–Crippen LogP) is 0.313. The van der Waals surface area contributed by atoms with Gasteiger partial charge in [-0.25, -0.2) is 4.79 Å². The van der Waals surface area contributed by atoms with Crippen LogP contribution < -0.4 is 11.1 Å². The number of hydrogen-bond donors (Lipinski definition) is 2. The zero-order valence-electron chi connectivity index (χ0n) is 9.54. The lowest BCUT2D eigenvalue weighted by Crippen LogP contribution is -2.47. The van der Waals surface area contributed by atoms with Gasteiger partial charge in [0.05, 0.1) is 0 Å². The number of nitrogens with one attached hydrogen (secondary N) is 1. The number of nitrogens with two attached hydrogens (primary N) is 1. The van der Waals surface area contributed by atoms with Crippen LogP contribution in [0.25, 0.3) is 0 Å². The maximum Gasteiger partial charge on any atom is 0.502 e. The van der Waals surface area contributed by atoms with Crippen molar-refractivity contribution < 1.29 is 18.1 Å². The van der Waals surface area contributed by atoms with Gasteiger partial charge in [0, 0.05) is 32.9 Å². The van der Waals surface area contributed by atoms with Gasteiger partial charge in [0.15, 0.2) is 0 Å². The van der Waals surface area contributed by atoms with Gasteiger partial charge < -0.3 is 24.3 Å². The Balaban J connectivity index is 4.13. The predicted molar refractivity (Wildman–Crippen MR) is 58.4 cm³/mol. The molecule has 0 aromatic rings. The number of primary amides is 1. The van der Waals surface area contributed by atoms with Crippen molar-refractivity contribution in [1.82, 2.24) is 5.32 Å². The summed E-state index contributed by atoms with van der Waals surface area (Å²) in [4.78, 5) is 10.5. The molecule has 0 rings (SSSR count). The minimum Gasteiger partial charge on any atom is -0.377 e. The standard InChI is InChI=1S/C8H20N2O4Si/c1-4-13-15(12-3,14-5-2)7-6-10-8(9)11/h4-7H2,1-3H3,(H3,9,10,11). The van der Waals surface area contributed by atoms with Crippen LogP contribution in [0.2, 0.25) is 6.04 Å². The van der Waals surface area contributed by atoms with E-state index in [0.717, 1.165) is 0 Å². The van der Waals surface area contributed by atoms with Crippen molar-refractivity contribution in [3.63, 3.8) is 0 Å². The van der Waals surface area contributed by atoms with Crippen molar-refractivity contribution in [2.75, 3.05) is 26.9 Å². The summed E-state index contributed by atoms with van der Waals surface area (Å²) >= 11 is 0. The van der Waals surface area contributed by atoms with Crippen LogP contribution in [0.1, 0.15) is 13.8 Å². The summed E-state index contributed by atoms with van der Waals surface area (Å²) in [6.07, 6.45) is 0. The average Bonchev–Trinajstić information content (AvgIpc) is 2.17. The van der Waals surface area contributed by atoms with E-state index in [1.54, 1.807) is 7.11 Å². The zero-order chi connectivity index (χ0) is 11.7. The largest absolute Gasteiger partial charge is 0.502 e. The molecule has 0 unspecified atom stereocenters. The minimum absolute atomic E-state index is 0.398. The molecule has 0 saturated heterocycles. The summed E-state index contributed by atoms with van der Waals surface area (Å²) in [5.41, 5.74) is 4.95. The Kier molecular flexibility index (Phi) is 7.31. The first-order chi connectivity index (χ1) is 7.10. The Bertz CT molecular complexity index is 185. The Morgan fingerprint density at radius 1 is 1.33 bits per heavy atom. The molecule has 2 amide bonds. The van der Waals surface area contributed by atoms with E-state index in [1.165, 1.54) is 0 Å². The normalized spacial score (nSPS) is 11.4. The third-order valence-corrected chi connectivity index (χ3v) is 4.71. The lowest BCUT2D eigenvalue weighted by molar-refractivity contribution is 0.0869. The average molecular weight is 236 g/mol. The van der Waals surface area contributed by atoms with Gasteiger partial charge in [-0.15, -0.1) is 0 Å².